The topological polar surface area (TPSA) is 113 Å². The molecule has 0 spiro atoms. The summed E-state index contributed by atoms with van der Waals surface area (Å²) >= 11 is 6.34. The molecule has 0 saturated carbocycles. The zero-order chi connectivity index (χ0) is 20.6. The molecule has 148 valence electrons. The maximum absolute atomic E-state index is 12.8. The second kappa shape index (κ2) is 7.47. The van der Waals surface area contributed by atoms with Crippen LogP contribution in [0.25, 0.3) is 0 Å². The summed E-state index contributed by atoms with van der Waals surface area (Å²) < 4.78 is 21.0. The van der Waals surface area contributed by atoms with Crippen molar-refractivity contribution in [2.75, 3.05) is 21.3 Å². The molecule has 1 aliphatic rings. The Morgan fingerprint density at radius 1 is 1.21 bits per heavy atom. The number of pyridine rings is 1. The highest BCUT2D eigenvalue weighted by Gasteiger charge is 2.38. The minimum absolute atomic E-state index is 0.00682. The normalized spacial score (nSPS) is 15.5. The van der Waals surface area contributed by atoms with E-state index in [4.69, 9.17) is 36.3 Å². The first-order chi connectivity index (χ1) is 13.3. The Balaban J connectivity index is 2.35. The molecule has 0 bridgehead atoms. The van der Waals surface area contributed by atoms with Crippen LogP contribution in [-0.2, 0) is 9.53 Å². The molecule has 3 N–H and O–H groups in total. The SMILES string of the molecule is COC(=O)C1=C(N)Oc2cc(C)[nH]c(=O)c2C1c1cc(Cl)c(OC)c(OC)c1. The van der Waals surface area contributed by atoms with Crippen LogP contribution in [0.5, 0.6) is 17.2 Å². The molecule has 0 saturated heterocycles. The molecule has 0 amide bonds. The van der Waals surface area contributed by atoms with Crippen LogP contribution in [0, 0.1) is 6.92 Å². The number of hydrogen-bond donors (Lipinski definition) is 2. The average molecular weight is 407 g/mol. The van der Waals surface area contributed by atoms with Gasteiger partial charge >= 0.3 is 5.97 Å². The predicted octanol–water partition coefficient (Wildman–Crippen LogP) is 2.22. The van der Waals surface area contributed by atoms with Gasteiger partial charge in [0.15, 0.2) is 11.5 Å². The Morgan fingerprint density at radius 2 is 1.93 bits per heavy atom. The van der Waals surface area contributed by atoms with E-state index in [-0.39, 0.29) is 27.8 Å². The van der Waals surface area contributed by atoms with E-state index >= 15 is 0 Å². The molecule has 1 aromatic carbocycles. The molecule has 2 heterocycles. The minimum atomic E-state index is -0.877. The van der Waals surface area contributed by atoms with Crippen LogP contribution in [0.15, 0.2) is 34.4 Å². The van der Waals surface area contributed by atoms with Gasteiger partial charge in [-0.3, -0.25) is 4.79 Å². The number of ether oxygens (including phenoxy) is 4. The number of methoxy groups -OCH3 is 3. The first kappa shape index (κ1) is 19.6. The first-order valence-electron chi connectivity index (χ1n) is 8.23. The quantitative estimate of drug-likeness (QED) is 0.748. The molecular weight excluding hydrogens is 388 g/mol. The predicted molar refractivity (Wildman–Crippen MR) is 102 cm³/mol. The van der Waals surface area contributed by atoms with Crippen molar-refractivity contribution in [1.29, 1.82) is 0 Å². The van der Waals surface area contributed by atoms with E-state index in [2.05, 4.69) is 4.98 Å². The fourth-order valence-corrected chi connectivity index (χ4v) is 3.55. The van der Waals surface area contributed by atoms with Crippen LogP contribution in [0.1, 0.15) is 22.7 Å². The van der Waals surface area contributed by atoms with E-state index in [1.165, 1.54) is 21.3 Å². The highest BCUT2D eigenvalue weighted by molar-refractivity contribution is 6.32. The van der Waals surface area contributed by atoms with Crippen LogP contribution in [-0.4, -0.2) is 32.3 Å². The van der Waals surface area contributed by atoms with Crippen LogP contribution in [0.2, 0.25) is 5.02 Å². The number of rotatable bonds is 4. The Kier molecular flexibility index (Phi) is 5.24. The summed E-state index contributed by atoms with van der Waals surface area (Å²) in [7, 11) is 4.13. The van der Waals surface area contributed by atoms with Crippen LogP contribution < -0.4 is 25.5 Å². The molecule has 8 nitrogen and oxygen atoms in total. The molecule has 3 rings (SSSR count). The number of aryl methyl sites for hydroxylation is 1. The van der Waals surface area contributed by atoms with Gasteiger partial charge in [0.05, 0.1) is 37.8 Å². The number of carbonyl (C=O) groups excluding carboxylic acids is 1. The van der Waals surface area contributed by atoms with E-state index in [0.29, 0.717) is 22.8 Å². The van der Waals surface area contributed by atoms with Crippen LogP contribution >= 0.6 is 11.6 Å². The van der Waals surface area contributed by atoms with Crippen molar-refractivity contribution in [3.8, 4) is 17.2 Å². The summed E-state index contributed by atoms with van der Waals surface area (Å²) in [5.74, 6) is -0.835. The monoisotopic (exact) mass is 406 g/mol. The lowest BCUT2D eigenvalue weighted by Crippen LogP contribution is -2.31. The number of halogens is 1. The second-order valence-electron chi connectivity index (χ2n) is 6.10. The van der Waals surface area contributed by atoms with Gasteiger partial charge in [0.2, 0.25) is 5.88 Å². The Bertz CT molecular complexity index is 1040. The van der Waals surface area contributed by atoms with Gasteiger partial charge in [0, 0.05) is 11.8 Å². The van der Waals surface area contributed by atoms with Crippen molar-refractivity contribution >= 4 is 17.6 Å². The van der Waals surface area contributed by atoms with Crippen molar-refractivity contribution in [2.24, 2.45) is 5.73 Å². The lowest BCUT2D eigenvalue weighted by Gasteiger charge is -2.28. The van der Waals surface area contributed by atoms with Gasteiger partial charge in [0.25, 0.3) is 5.56 Å². The third-order valence-corrected chi connectivity index (χ3v) is 4.71. The Hall–Kier alpha value is -3.13. The molecule has 2 aromatic rings. The average Bonchev–Trinajstić information content (AvgIpc) is 2.65. The van der Waals surface area contributed by atoms with E-state index < -0.39 is 17.4 Å². The van der Waals surface area contributed by atoms with Crippen molar-refractivity contribution in [1.82, 2.24) is 4.98 Å². The summed E-state index contributed by atoms with van der Waals surface area (Å²) in [5, 5.41) is 0.246. The molecule has 0 radical (unpaired) electrons. The fourth-order valence-electron chi connectivity index (χ4n) is 3.25. The molecule has 1 aliphatic heterocycles. The number of H-pyrrole nitrogens is 1. The third kappa shape index (κ3) is 3.16. The molecule has 1 unspecified atom stereocenters. The van der Waals surface area contributed by atoms with E-state index in [1.807, 2.05) is 0 Å². The highest BCUT2D eigenvalue weighted by atomic mass is 35.5. The van der Waals surface area contributed by atoms with Crippen molar-refractivity contribution in [2.45, 2.75) is 12.8 Å². The van der Waals surface area contributed by atoms with E-state index in [0.717, 1.165) is 0 Å². The number of hydrogen-bond acceptors (Lipinski definition) is 7. The number of esters is 1. The summed E-state index contributed by atoms with van der Waals surface area (Å²) in [5.41, 5.74) is 6.88. The number of nitrogens with one attached hydrogen (secondary N) is 1. The Labute approximate surface area is 165 Å². The molecule has 0 fully saturated rings. The maximum atomic E-state index is 12.8. The van der Waals surface area contributed by atoms with Crippen LogP contribution in [0.3, 0.4) is 0 Å². The van der Waals surface area contributed by atoms with Crippen molar-refractivity contribution in [3.05, 3.63) is 61.9 Å². The second-order valence-corrected chi connectivity index (χ2v) is 6.51. The molecular formula is C19H19ClN2O6. The van der Waals surface area contributed by atoms with Gasteiger partial charge < -0.3 is 29.7 Å². The number of aromatic amines is 1. The summed E-state index contributed by atoms with van der Waals surface area (Å²) in [6, 6.07) is 4.84. The summed E-state index contributed by atoms with van der Waals surface area (Å²) in [6.45, 7) is 1.71. The number of fused-ring (bicyclic) bond motifs is 1. The molecule has 1 atom stereocenters. The van der Waals surface area contributed by atoms with Gasteiger partial charge in [-0.25, -0.2) is 4.79 Å². The van der Waals surface area contributed by atoms with Gasteiger partial charge in [-0.05, 0) is 24.6 Å². The van der Waals surface area contributed by atoms with Gasteiger partial charge in [-0.1, -0.05) is 11.6 Å². The molecule has 1 aromatic heterocycles. The Morgan fingerprint density at radius 3 is 2.54 bits per heavy atom. The fraction of sp³-hybridized carbons (Fsp3) is 0.263. The van der Waals surface area contributed by atoms with E-state index in [9.17, 15) is 9.59 Å². The molecule has 28 heavy (non-hydrogen) atoms. The largest absolute Gasteiger partial charge is 0.493 e. The zero-order valence-corrected chi connectivity index (χ0v) is 16.5. The van der Waals surface area contributed by atoms with Gasteiger partial charge in [-0.15, -0.1) is 0 Å². The van der Waals surface area contributed by atoms with Crippen molar-refractivity contribution < 1.29 is 23.7 Å². The summed E-state index contributed by atoms with van der Waals surface area (Å²) in [4.78, 5) is 27.9. The lowest BCUT2D eigenvalue weighted by molar-refractivity contribution is -0.136. The number of aromatic nitrogens is 1. The van der Waals surface area contributed by atoms with Crippen LogP contribution in [0.4, 0.5) is 0 Å². The van der Waals surface area contributed by atoms with Gasteiger partial charge in [-0.2, -0.15) is 0 Å². The number of benzene rings is 1. The zero-order valence-electron chi connectivity index (χ0n) is 15.7. The minimum Gasteiger partial charge on any atom is -0.493 e. The standard InChI is InChI=1S/C19H19ClN2O6/c1-8-5-11-14(18(23)22-8)13(15(17(21)28-11)19(24)27-4)9-6-10(20)16(26-3)12(7-9)25-2/h5-7,13H,21H2,1-4H3,(H,22,23). The number of carbonyl (C=O) groups is 1. The maximum Gasteiger partial charge on any atom is 0.340 e. The first-order valence-corrected chi connectivity index (χ1v) is 8.61. The smallest absolute Gasteiger partial charge is 0.340 e. The van der Waals surface area contributed by atoms with E-state index in [1.54, 1.807) is 25.1 Å². The molecule has 0 aliphatic carbocycles. The van der Waals surface area contributed by atoms with Gasteiger partial charge in [0.1, 0.15) is 11.3 Å². The number of nitrogens with two attached hydrogens (primary N) is 1. The third-order valence-electron chi connectivity index (χ3n) is 4.43. The lowest BCUT2D eigenvalue weighted by atomic mass is 9.83. The molecule has 9 heteroatoms. The highest BCUT2D eigenvalue weighted by Crippen LogP contribution is 2.45. The summed E-state index contributed by atoms with van der Waals surface area (Å²) in [6.07, 6.45) is 0. The van der Waals surface area contributed by atoms with Crippen molar-refractivity contribution in [3.63, 3.8) is 0 Å².